The molecule has 8 heteroatoms. The lowest BCUT2D eigenvalue weighted by Crippen LogP contribution is -2.47. The number of likely N-dealkylation sites (tertiary alicyclic amines) is 1. The molecule has 1 atom stereocenters. The topological polar surface area (TPSA) is 69.7 Å². The molecule has 218 valence electrons. The van der Waals surface area contributed by atoms with Crippen molar-refractivity contribution in [2.24, 2.45) is 11.8 Å². The van der Waals surface area contributed by atoms with Gasteiger partial charge in [-0.25, -0.2) is 8.42 Å². The first-order valence-corrected chi connectivity index (χ1v) is 16.5. The maximum atomic E-state index is 14.0. The zero-order valence-corrected chi connectivity index (χ0v) is 25.3. The first-order valence-electron chi connectivity index (χ1n) is 14.7. The average molecular weight is 594 g/mol. The van der Waals surface area contributed by atoms with Crippen LogP contribution < -0.4 is 5.32 Å². The van der Waals surface area contributed by atoms with E-state index in [4.69, 9.17) is 11.6 Å². The van der Waals surface area contributed by atoms with Crippen LogP contribution in [0.1, 0.15) is 44.1 Å². The van der Waals surface area contributed by atoms with Gasteiger partial charge < -0.3 is 10.2 Å². The highest BCUT2D eigenvalue weighted by Gasteiger charge is 2.33. The summed E-state index contributed by atoms with van der Waals surface area (Å²) in [7, 11) is -3.93. The first kappa shape index (κ1) is 29.8. The summed E-state index contributed by atoms with van der Waals surface area (Å²) in [5.74, 6) is 1.18. The van der Waals surface area contributed by atoms with Gasteiger partial charge in [0.15, 0.2) is 0 Å². The highest BCUT2D eigenvalue weighted by atomic mass is 35.5. The molecule has 1 amide bonds. The minimum absolute atomic E-state index is 0.0770. The van der Waals surface area contributed by atoms with Gasteiger partial charge in [0.2, 0.25) is 15.9 Å². The first-order chi connectivity index (χ1) is 19.8. The standard InChI is InChI=1S/C33H40ClN3O3S/c1-25(26-7-3-2-4-8-26)23-37(24-33(38)36-21-17-28(18-22-36)27-15-19-35-20-16-27)41(39,40)30-13-11-29(12-14-30)31-9-5-6-10-32(31)34/h2-14,25,27-28,35H,15-24H2,1H3/t25-/m0/s1. The Kier molecular flexibility index (Phi) is 9.81. The number of hydrogen-bond acceptors (Lipinski definition) is 4. The number of rotatable bonds is 9. The van der Waals surface area contributed by atoms with Gasteiger partial charge in [-0.15, -0.1) is 0 Å². The summed E-state index contributed by atoms with van der Waals surface area (Å²) in [6.45, 7) is 5.61. The Hall–Kier alpha value is -2.71. The van der Waals surface area contributed by atoms with E-state index < -0.39 is 10.0 Å². The maximum Gasteiger partial charge on any atom is 0.243 e. The zero-order valence-electron chi connectivity index (χ0n) is 23.7. The van der Waals surface area contributed by atoms with Crippen molar-refractivity contribution in [2.75, 3.05) is 39.3 Å². The molecule has 5 rings (SSSR count). The van der Waals surface area contributed by atoms with E-state index in [-0.39, 0.29) is 29.8 Å². The molecule has 2 saturated heterocycles. The van der Waals surface area contributed by atoms with Crippen LogP contribution in [0, 0.1) is 11.8 Å². The van der Waals surface area contributed by atoms with Crippen molar-refractivity contribution in [3.8, 4) is 11.1 Å². The SMILES string of the molecule is C[C@@H](CN(CC(=O)N1CCC(C2CCNCC2)CC1)S(=O)(=O)c1ccc(-c2ccccc2Cl)cc1)c1ccccc1. The lowest BCUT2D eigenvalue weighted by atomic mass is 9.79. The Morgan fingerprint density at radius 2 is 1.51 bits per heavy atom. The van der Waals surface area contributed by atoms with Gasteiger partial charge in [-0.2, -0.15) is 4.31 Å². The highest BCUT2D eigenvalue weighted by molar-refractivity contribution is 7.89. The maximum absolute atomic E-state index is 14.0. The number of hydrogen-bond donors (Lipinski definition) is 1. The lowest BCUT2D eigenvalue weighted by Gasteiger charge is -2.38. The van der Waals surface area contributed by atoms with Crippen molar-refractivity contribution in [2.45, 2.75) is 43.4 Å². The monoisotopic (exact) mass is 593 g/mol. The molecule has 0 radical (unpaired) electrons. The number of carbonyl (C=O) groups excluding carboxylic acids is 1. The molecular formula is C33H40ClN3O3S. The molecule has 41 heavy (non-hydrogen) atoms. The molecule has 2 heterocycles. The third-order valence-electron chi connectivity index (χ3n) is 8.78. The number of piperidine rings is 2. The number of sulfonamides is 1. The van der Waals surface area contributed by atoms with Gasteiger partial charge in [-0.1, -0.05) is 79.2 Å². The van der Waals surface area contributed by atoms with Crippen LogP contribution in [-0.2, 0) is 14.8 Å². The summed E-state index contributed by atoms with van der Waals surface area (Å²) in [5.41, 5.74) is 2.72. The Labute approximate surface area is 249 Å². The van der Waals surface area contributed by atoms with E-state index in [1.807, 2.05) is 66.4 Å². The molecule has 0 aliphatic carbocycles. The predicted octanol–water partition coefficient (Wildman–Crippen LogP) is 6.04. The van der Waals surface area contributed by atoms with Crippen LogP contribution in [0.15, 0.2) is 83.8 Å². The van der Waals surface area contributed by atoms with Crippen LogP contribution in [0.4, 0.5) is 0 Å². The fourth-order valence-corrected chi connectivity index (χ4v) is 8.00. The van der Waals surface area contributed by atoms with Crippen LogP contribution in [0.3, 0.4) is 0 Å². The minimum atomic E-state index is -3.93. The van der Waals surface area contributed by atoms with Gasteiger partial charge in [0.05, 0.1) is 11.4 Å². The van der Waals surface area contributed by atoms with Crippen molar-refractivity contribution >= 4 is 27.5 Å². The Morgan fingerprint density at radius 3 is 2.17 bits per heavy atom. The van der Waals surface area contributed by atoms with Crippen LogP contribution in [0.5, 0.6) is 0 Å². The molecule has 1 N–H and O–H groups in total. The van der Waals surface area contributed by atoms with Crippen molar-refractivity contribution < 1.29 is 13.2 Å². The summed E-state index contributed by atoms with van der Waals surface area (Å²) in [5, 5.41) is 4.05. The molecule has 0 aromatic heterocycles. The number of nitrogens with one attached hydrogen (secondary N) is 1. The number of benzene rings is 3. The predicted molar refractivity (Wildman–Crippen MR) is 165 cm³/mol. The van der Waals surface area contributed by atoms with Gasteiger partial charge in [-0.3, -0.25) is 4.79 Å². The quantitative estimate of drug-likeness (QED) is 0.328. The summed E-state index contributed by atoms with van der Waals surface area (Å²) >= 11 is 6.37. The van der Waals surface area contributed by atoms with E-state index in [1.54, 1.807) is 24.3 Å². The molecule has 0 bridgehead atoms. The third-order valence-corrected chi connectivity index (χ3v) is 10.9. The van der Waals surface area contributed by atoms with Gasteiger partial charge in [0, 0.05) is 30.2 Å². The fraction of sp³-hybridized carbons (Fsp3) is 0.424. The minimum Gasteiger partial charge on any atom is -0.342 e. The molecular weight excluding hydrogens is 554 g/mol. The van der Waals surface area contributed by atoms with E-state index in [2.05, 4.69) is 5.32 Å². The van der Waals surface area contributed by atoms with Crippen LogP contribution >= 0.6 is 11.6 Å². The molecule has 3 aromatic carbocycles. The highest BCUT2D eigenvalue weighted by Crippen LogP contribution is 2.32. The number of carbonyl (C=O) groups is 1. The number of amides is 1. The Bertz CT molecular complexity index is 1400. The molecule has 2 aliphatic rings. The van der Waals surface area contributed by atoms with Gasteiger partial charge in [0.1, 0.15) is 0 Å². The van der Waals surface area contributed by atoms with E-state index in [9.17, 15) is 13.2 Å². The summed E-state index contributed by atoms with van der Waals surface area (Å²) < 4.78 is 29.4. The van der Waals surface area contributed by atoms with Crippen molar-refractivity contribution in [1.82, 2.24) is 14.5 Å². The van der Waals surface area contributed by atoms with Crippen LogP contribution in [0.25, 0.3) is 11.1 Å². The molecule has 3 aromatic rings. The zero-order chi connectivity index (χ0) is 28.8. The van der Waals surface area contributed by atoms with Crippen molar-refractivity contribution in [3.63, 3.8) is 0 Å². The summed E-state index contributed by atoms with van der Waals surface area (Å²) in [4.78, 5) is 15.6. The van der Waals surface area contributed by atoms with Crippen molar-refractivity contribution in [1.29, 1.82) is 0 Å². The molecule has 0 saturated carbocycles. The van der Waals surface area contributed by atoms with Gasteiger partial charge >= 0.3 is 0 Å². The van der Waals surface area contributed by atoms with Crippen LogP contribution in [-0.4, -0.2) is 62.8 Å². The number of halogens is 1. The van der Waals surface area contributed by atoms with E-state index in [1.165, 1.54) is 17.1 Å². The smallest absolute Gasteiger partial charge is 0.243 e. The van der Waals surface area contributed by atoms with Gasteiger partial charge in [-0.05, 0) is 85.9 Å². The largest absolute Gasteiger partial charge is 0.342 e. The van der Waals surface area contributed by atoms with E-state index in [0.717, 1.165) is 48.5 Å². The molecule has 6 nitrogen and oxygen atoms in total. The van der Waals surface area contributed by atoms with Gasteiger partial charge in [0.25, 0.3) is 0 Å². The molecule has 0 unspecified atom stereocenters. The van der Waals surface area contributed by atoms with E-state index in [0.29, 0.717) is 24.0 Å². The fourth-order valence-electron chi connectivity index (χ4n) is 6.28. The van der Waals surface area contributed by atoms with Crippen molar-refractivity contribution in [3.05, 3.63) is 89.4 Å². The van der Waals surface area contributed by atoms with E-state index >= 15 is 0 Å². The summed E-state index contributed by atoms with van der Waals surface area (Å²) in [6, 6.07) is 24.1. The second kappa shape index (κ2) is 13.5. The third kappa shape index (κ3) is 7.20. The molecule has 0 spiro atoms. The second-order valence-electron chi connectivity index (χ2n) is 11.4. The Balaban J connectivity index is 1.33. The normalized spacial score (nSPS) is 18.0. The second-order valence-corrected chi connectivity index (χ2v) is 13.8. The summed E-state index contributed by atoms with van der Waals surface area (Å²) in [6.07, 6.45) is 4.40. The lowest BCUT2D eigenvalue weighted by molar-refractivity contribution is -0.133. The molecule has 2 aliphatic heterocycles. The van der Waals surface area contributed by atoms with Crippen LogP contribution in [0.2, 0.25) is 5.02 Å². The molecule has 2 fully saturated rings. The number of nitrogens with zero attached hydrogens (tertiary/aromatic N) is 2. The Morgan fingerprint density at radius 1 is 0.902 bits per heavy atom. The average Bonchev–Trinajstić information content (AvgIpc) is 3.02.